The second kappa shape index (κ2) is 7.40. The smallest absolute Gasteiger partial charge is 0.404 e. The molecule has 0 unspecified atom stereocenters. The van der Waals surface area contributed by atoms with Gasteiger partial charge in [0, 0.05) is 6.04 Å². The molecule has 0 saturated carbocycles. The van der Waals surface area contributed by atoms with Crippen LogP contribution in [0.5, 0.6) is 5.75 Å². The predicted octanol–water partition coefficient (Wildman–Crippen LogP) is 2.18. The molecule has 0 spiro atoms. The topological polar surface area (TPSA) is 86.1 Å². The molecule has 7 nitrogen and oxygen atoms in total. The van der Waals surface area contributed by atoms with E-state index in [1.54, 1.807) is 13.8 Å². The highest BCUT2D eigenvalue weighted by molar-refractivity contribution is 7.89. The Labute approximate surface area is 142 Å². The molecule has 11 heteroatoms. The number of hydrogen-bond acceptors (Lipinski definition) is 5. The van der Waals surface area contributed by atoms with Crippen LogP contribution < -0.4 is 9.46 Å². The van der Waals surface area contributed by atoms with Gasteiger partial charge in [-0.05, 0) is 18.1 Å². The van der Waals surface area contributed by atoms with E-state index in [0.29, 0.717) is 0 Å². The van der Waals surface area contributed by atoms with E-state index < -0.39 is 33.1 Å². The number of nitrogens with zero attached hydrogens (tertiary/aromatic N) is 3. The highest BCUT2D eigenvalue weighted by Gasteiger charge is 2.34. The van der Waals surface area contributed by atoms with Gasteiger partial charge in [-0.1, -0.05) is 26.0 Å². The molecule has 1 heterocycles. The van der Waals surface area contributed by atoms with Gasteiger partial charge in [0.05, 0.1) is 18.9 Å². The van der Waals surface area contributed by atoms with Gasteiger partial charge >= 0.3 is 6.36 Å². The summed E-state index contributed by atoms with van der Waals surface area (Å²) in [7, 11) is -4.25. The van der Waals surface area contributed by atoms with Gasteiger partial charge in [0.15, 0.2) is 0 Å². The zero-order valence-corrected chi connectivity index (χ0v) is 14.3. The van der Waals surface area contributed by atoms with E-state index in [2.05, 4.69) is 19.7 Å². The van der Waals surface area contributed by atoms with Crippen LogP contribution in [0.15, 0.2) is 41.6 Å². The maximum Gasteiger partial charge on any atom is 0.573 e. The van der Waals surface area contributed by atoms with Gasteiger partial charge in [0.25, 0.3) is 0 Å². The number of halogens is 3. The van der Waals surface area contributed by atoms with E-state index in [-0.39, 0.29) is 12.5 Å². The molecule has 0 radical (unpaired) electrons. The molecule has 1 N–H and O–H groups in total. The monoisotopic (exact) mass is 378 g/mol. The second-order valence-electron chi connectivity index (χ2n) is 5.55. The number of rotatable bonds is 7. The lowest BCUT2D eigenvalue weighted by molar-refractivity contribution is -0.275. The predicted molar refractivity (Wildman–Crippen MR) is 82.1 cm³/mol. The molecule has 2 aromatic rings. The largest absolute Gasteiger partial charge is 0.573 e. The van der Waals surface area contributed by atoms with Crippen molar-refractivity contribution in [2.45, 2.75) is 37.7 Å². The molecule has 0 aliphatic carbocycles. The molecule has 0 aliphatic rings. The molecule has 0 fully saturated rings. The lowest BCUT2D eigenvalue weighted by Crippen LogP contribution is -2.42. The maximum absolute atomic E-state index is 12.6. The van der Waals surface area contributed by atoms with Gasteiger partial charge in [-0.25, -0.2) is 13.1 Å². The Morgan fingerprint density at radius 2 is 1.80 bits per heavy atom. The summed E-state index contributed by atoms with van der Waals surface area (Å²) in [6, 6.07) is 3.94. The number of hydrogen-bond donors (Lipinski definition) is 1. The van der Waals surface area contributed by atoms with Crippen LogP contribution in [0.4, 0.5) is 13.2 Å². The number of benzene rings is 1. The molecule has 138 valence electrons. The average Bonchev–Trinajstić information content (AvgIpc) is 2.98. The fourth-order valence-electron chi connectivity index (χ4n) is 2.04. The summed E-state index contributed by atoms with van der Waals surface area (Å²) in [4.78, 5) is 0.706. The molecular weight excluding hydrogens is 361 g/mol. The third-order valence-electron chi connectivity index (χ3n) is 3.30. The normalized spacial score (nSPS) is 13.8. The molecule has 1 aromatic carbocycles. The average molecular weight is 378 g/mol. The van der Waals surface area contributed by atoms with Crippen molar-refractivity contribution in [2.75, 3.05) is 0 Å². The number of nitrogens with one attached hydrogen (secondary N) is 1. The first-order valence-corrected chi connectivity index (χ1v) is 8.78. The van der Waals surface area contributed by atoms with Gasteiger partial charge in [0.1, 0.15) is 10.6 Å². The van der Waals surface area contributed by atoms with Gasteiger partial charge in [-0.3, -0.25) is 0 Å². The molecule has 0 amide bonds. The summed E-state index contributed by atoms with van der Waals surface area (Å²) in [6.45, 7) is 3.68. The van der Waals surface area contributed by atoms with E-state index in [0.717, 1.165) is 12.1 Å². The minimum absolute atomic E-state index is 0.131. The van der Waals surface area contributed by atoms with Gasteiger partial charge in [0.2, 0.25) is 10.0 Å². The van der Waals surface area contributed by atoms with Crippen molar-refractivity contribution >= 4 is 10.0 Å². The summed E-state index contributed by atoms with van der Waals surface area (Å²) in [5.41, 5.74) is 0. The molecule has 1 atom stereocenters. The SMILES string of the molecule is CC(C)[C@@H](Cn1nccn1)NS(=O)(=O)c1ccccc1OC(F)(F)F. The molecule has 0 saturated heterocycles. The Hall–Kier alpha value is -2.14. The summed E-state index contributed by atoms with van der Waals surface area (Å²) in [6.07, 6.45) is -2.11. The molecule has 0 aliphatic heterocycles. The number of aromatic nitrogens is 3. The zero-order chi connectivity index (χ0) is 18.7. The van der Waals surface area contributed by atoms with E-state index in [1.165, 1.54) is 29.3 Å². The van der Waals surface area contributed by atoms with E-state index in [1.807, 2.05) is 0 Å². The Kier molecular flexibility index (Phi) is 5.68. The number of para-hydroxylation sites is 1. The molecular formula is C14H17F3N4O3S. The van der Waals surface area contributed by atoms with Crippen LogP contribution in [-0.4, -0.2) is 35.8 Å². The summed E-state index contributed by atoms with van der Waals surface area (Å²) in [5.74, 6) is -0.946. The van der Waals surface area contributed by atoms with Crippen molar-refractivity contribution in [1.82, 2.24) is 19.7 Å². The molecule has 0 bridgehead atoms. The van der Waals surface area contributed by atoms with Crippen molar-refractivity contribution in [1.29, 1.82) is 0 Å². The lowest BCUT2D eigenvalue weighted by atomic mass is 10.1. The quantitative estimate of drug-likeness (QED) is 0.798. The highest BCUT2D eigenvalue weighted by atomic mass is 32.2. The van der Waals surface area contributed by atoms with Crippen molar-refractivity contribution < 1.29 is 26.3 Å². The van der Waals surface area contributed by atoms with Crippen LogP contribution in [0.2, 0.25) is 0 Å². The van der Waals surface area contributed by atoms with Crippen molar-refractivity contribution in [3.8, 4) is 5.75 Å². The van der Waals surface area contributed by atoms with Crippen molar-refractivity contribution in [2.24, 2.45) is 5.92 Å². The number of sulfonamides is 1. The first kappa shape index (κ1) is 19.2. The second-order valence-corrected chi connectivity index (χ2v) is 7.23. The molecule has 25 heavy (non-hydrogen) atoms. The van der Waals surface area contributed by atoms with Crippen LogP contribution in [0.1, 0.15) is 13.8 Å². The van der Waals surface area contributed by atoms with Crippen LogP contribution in [-0.2, 0) is 16.6 Å². The number of ether oxygens (including phenoxy) is 1. The van der Waals surface area contributed by atoms with Crippen molar-refractivity contribution in [3.63, 3.8) is 0 Å². The zero-order valence-electron chi connectivity index (χ0n) is 13.4. The van der Waals surface area contributed by atoms with Gasteiger partial charge in [-0.2, -0.15) is 15.0 Å². The maximum atomic E-state index is 12.6. The Balaban J connectivity index is 2.28. The van der Waals surface area contributed by atoms with Crippen LogP contribution in [0.25, 0.3) is 0 Å². The lowest BCUT2D eigenvalue weighted by Gasteiger charge is -2.22. The Bertz CT molecular complexity index is 792. The molecule has 1 aromatic heterocycles. The minimum atomic E-state index is -5.00. The first-order chi connectivity index (χ1) is 11.6. The summed E-state index contributed by atoms with van der Waals surface area (Å²) < 4.78 is 68.8. The van der Waals surface area contributed by atoms with Gasteiger partial charge in [-0.15, -0.1) is 13.2 Å². The summed E-state index contributed by atoms with van der Waals surface area (Å²) >= 11 is 0. The third kappa shape index (κ3) is 5.43. The third-order valence-corrected chi connectivity index (χ3v) is 4.83. The minimum Gasteiger partial charge on any atom is -0.404 e. The van der Waals surface area contributed by atoms with E-state index >= 15 is 0 Å². The van der Waals surface area contributed by atoms with Crippen LogP contribution in [0.3, 0.4) is 0 Å². The standard InChI is InChI=1S/C14H17F3N4O3S/c1-10(2)11(9-21-18-7-8-19-21)20-25(22,23)13-6-4-3-5-12(13)24-14(15,16)17/h3-8,10-11,20H,9H2,1-2H3/t11-/m1/s1. The highest BCUT2D eigenvalue weighted by Crippen LogP contribution is 2.29. The molecule has 2 rings (SSSR count). The van der Waals surface area contributed by atoms with E-state index in [4.69, 9.17) is 0 Å². The number of alkyl halides is 3. The van der Waals surface area contributed by atoms with Crippen molar-refractivity contribution in [3.05, 3.63) is 36.7 Å². The Morgan fingerprint density at radius 1 is 1.20 bits per heavy atom. The van der Waals surface area contributed by atoms with Crippen LogP contribution >= 0.6 is 0 Å². The first-order valence-electron chi connectivity index (χ1n) is 7.30. The van der Waals surface area contributed by atoms with Crippen LogP contribution in [0, 0.1) is 5.92 Å². The Morgan fingerprint density at radius 3 is 2.36 bits per heavy atom. The van der Waals surface area contributed by atoms with Gasteiger partial charge < -0.3 is 4.74 Å². The fourth-order valence-corrected chi connectivity index (χ4v) is 3.55. The fraction of sp³-hybridized carbons (Fsp3) is 0.429. The van der Waals surface area contributed by atoms with E-state index in [9.17, 15) is 21.6 Å². The summed E-state index contributed by atoms with van der Waals surface area (Å²) in [5, 5.41) is 7.81.